The van der Waals surface area contributed by atoms with E-state index in [1.54, 1.807) is 31.4 Å². The van der Waals surface area contributed by atoms with Gasteiger partial charge in [0, 0.05) is 17.6 Å². The summed E-state index contributed by atoms with van der Waals surface area (Å²) in [5, 5.41) is 16.0. The topological polar surface area (TPSA) is 117 Å². The highest BCUT2D eigenvalue weighted by Gasteiger charge is 2.77. The fourth-order valence-corrected chi connectivity index (χ4v) is 7.19. The molecular formula is C27H30BrN3O6. The number of aliphatic hydroxyl groups is 1. The van der Waals surface area contributed by atoms with Crippen molar-refractivity contribution in [1.82, 2.24) is 10.2 Å². The van der Waals surface area contributed by atoms with E-state index in [4.69, 9.17) is 9.47 Å². The summed E-state index contributed by atoms with van der Waals surface area (Å²) >= 11 is 3.64. The largest absolute Gasteiger partial charge is 0.497 e. The molecule has 3 aliphatic rings. The molecule has 0 radical (unpaired) electrons. The molecule has 3 fully saturated rings. The number of halogens is 1. The number of carbonyl (C=O) groups is 3. The normalized spacial score (nSPS) is 30.6. The number of hydrogen-bond donors (Lipinski definition) is 3. The Morgan fingerprint density at radius 1 is 1.19 bits per heavy atom. The monoisotopic (exact) mass is 571 g/mol. The first-order valence-electron chi connectivity index (χ1n) is 12.3. The zero-order valence-corrected chi connectivity index (χ0v) is 22.2. The van der Waals surface area contributed by atoms with E-state index in [-0.39, 0.29) is 23.2 Å². The quantitative estimate of drug-likeness (QED) is 0.415. The number of likely N-dealkylation sites (tertiary alicyclic amines) is 1. The van der Waals surface area contributed by atoms with Crippen molar-refractivity contribution in [2.45, 2.75) is 41.5 Å². The Hall–Kier alpha value is -2.95. The zero-order valence-electron chi connectivity index (χ0n) is 20.6. The number of aliphatic hydroxyl groups excluding tert-OH is 1. The summed E-state index contributed by atoms with van der Waals surface area (Å²) < 4.78 is 11.7. The van der Waals surface area contributed by atoms with Crippen molar-refractivity contribution in [1.29, 1.82) is 0 Å². The van der Waals surface area contributed by atoms with Gasteiger partial charge < -0.3 is 30.1 Å². The van der Waals surface area contributed by atoms with E-state index in [9.17, 15) is 19.5 Å². The molecule has 2 aromatic rings. The number of anilines is 1. The van der Waals surface area contributed by atoms with Crippen LogP contribution in [0, 0.1) is 11.8 Å². The van der Waals surface area contributed by atoms with E-state index in [0.29, 0.717) is 24.3 Å². The van der Waals surface area contributed by atoms with Crippen molar-refractivity contribution < 1.29 is 29.0 Å². The third-order valence-corrected chi connectivity index (χ3v) is 8.65. The molecule has 10 heteroatoms. The predicted molar refractivity (Wildman–Crippen MR) is 139 cm³/mol. The number of carbonyl (C=O) groups excluding carboxylic acids is 3. The van der Waals surface area contributed by atoms with Gasteiger partial charge in [0.1, 0.15) is 17.4 Å². The fraction of sp³-hybridized carbons (Fsp3) is 0.444. The van der Waals surface area contributed by atoms with Gasteiger partial charge in [0.15, 0.2) is 0 Å². The minimum Gasteiger partial charge on any atom is -0.497 e. The maximum atomic E-state index is 14.1. The molecule has 2 aromatic carbocycles. The molecule has 3 saturated heterocycles. The lowest BCUT2D eigenvalue weighted by atomic mass is 9.70. The third kappa shape index (κ3) is 4.20. The number of amides is 3. The molecule has 3 amide bonds. The van der Waals surface area contributed by atoms with E-state index in [2.05, 4.69) is 26.6 Å². The lowest BCUT2D eigenvalue weighted by Crippen LogP contribution is -2.57. The number of ether oxygens (including phenoxy) is 2. The second kappa shape index (κ2) is 10.1. The van der Waals surface area contributed by atoms with Crippen molar-refractivity contribution in [3.05, 3.63) is 60.2 Å². The fourth-order valence-electron chi connectivity index (χ4n) is 6.25. The highest BCUT2D eigenvalue weighted by molar-refractivity contribution is 9.09. The Balaban J connectivity index is 1.55. The Kier molecular flexibility index (Phi) is 6.99. The van der Waals surface area contributed by atoms with Gasteiger partial charge in [-0.1, -0.05) is 46.3 Å². The molecule has 0 aliphatic carbocycles. The second-order valence-electron chi connectivity index (χ2n) is 9.77. The lowest BCUT2D eigenvalue weighted by Gasteiger charge is -2.37. The molecule has 5 rings (SSSR count). The Bertz CT molecular complexity index is 1180. The number of nitrogens with zero attached hydrogens (tertiary/aromatic N) is 1. The van der Waals surface area contributed by atoms with Gasteiger partial charge in [-0.05, 0) is 42.7 Å². The lowest BCUT2D eigenvalue weighted by molar-refractivity contribution is -0.143. The molecule has 2 bridgehead atoms. The zero-order chi connectivity index (χ0) is 26.3. The Morgan fingerprint density at radius 3 is 2.51 bits per heavy atom. The molecule has 7 atom stereocenters. The van der Waals surface area contributed by atoms with Crippen LogP contribution in [-0.4, -0.2) is 77.1 Å². The minimum atomic E-state index is -1.20. The average molecular weight is 572 g/mol. The van der Waals surface area contributed by atoms with E-state index >= 15 is 0 Å². The number of alkyl halides is 1. The van der Waals surface area contributed by atoms with E-state index < -0.39 is 41.5 Å². The van der Waals surface area contributed by atoms with Gasteiger partial charge in [-0.15, -0.1) is 0 Å². The average Bonchev–Trinajstić information content (AvgIpc) is 3.51. The van der Waals surface area contributed by atoms with Crippen LogP contribution in [0.25, 0.3) is 0 Å². The molecule has 3 aliphatic heterocycles. The molecule has 1 spiro atoms. The highest BCUT2D eigenvalue weighted by Crippen LogP contribution is 2.60. The van der Waals surface area contributed by atoms with E-state index in [1.807, 2.05) is 30.3 Å². The first-order chi connectivity index (χ1) is 17.8. The number of benzene rings is 2. The van der Waals surface area contributed by atoms with Crippen LogP contribution >= 0.6 is 15.9 Å². The number of nitrogens with one attached hydrogen (secondary N) is 2. The molecular weight excluding hydrogens is 542 g/mol. The number of rotatable bonds is 8. The van der Waals surface area contributed by atoms with Crippen LogP contribution < -0.4 is 15.4 Å². The first kappa shape index (κ1) is 25.7. The van der Waals surface area contributed by atoms with Gasteiger partial charge in [-0.2, -0.15) is 0 Å². The van der Waals surface area contributed by atoms with E-state index in [1.165, 1.54) is 11.9 Å². The summed E-state index contributed by atoms with van der Waals surface area (Å²) in [4.78, 5) is 42.3. The van der Waals surface area contributed by atoms with Crippen LogP contribution in [-0.2, 0) is 25.5 Å². The van der Waals surface area contributed by atoms with Crippen molar-refractivity contribution >= 4 is 39.3 Å². The highest BCUT2D eigenvalue weighted by atomic mass is 79.9. The van der Waals surface area contributed by atoms with Crippen LogP contribution in [0.4, 0.5) is 5.69 Å². The molecule has 3 N–H and O–H groups in total. The molecule has 196 valence electrons. The maximum Gasteiger partial charge on any atom is 0.250 e. The van der Waals surface area contributed by atoms with Crippen LogP contribution in [0.1, 0.15) is 12.0 Å². The number of fused-ring (bicyclic) bond motifs is 1. The second-order valence-corrected chi connectivity index (χ2v) is 10.9. The summed E-state index contributed by atoms with van der Waals surface area (Å²) in [6.45, 7) is -0.346. The summed E-state index contributed by atoms with van der Waals surface area (Å²) in [5.41, 5.74) is 0.255. The molecule has 37 heavy (non-hydrogen) atoms. The van der Waals surface area contributed by atoms with E-state index in [0.717, 1.165) is 5.56 Å². The molecule has 9 nitrogen and oxygen atoms in total. The standard InChI is InChI=1S/C27H30BrN3O6/c1-29-24(33)20-21-26(35)31(17(14-32)12-15-6-4-3-5-7-15)23(27(21)13-19(28)22(20)37-27)25(34)30-16-8-10-18(36-2)11-9-16/h3-11,17,19-23,32H,12-14H2,1-2H3,(H,29,33)(H,30,34)/t17-,19?,20-,21+,22-,23?,27?/m1/s1. The van der Waals surface area contributed by atoms with Crippen molar-refractivity contribution in [3.8, 4) is 5.75 Å². The Morgan fingerprint density at radius 2 is 1.89 bits per heavy atom. The SMILES string of the molecule is CNC(=O)[C@H]1[C@@H]2OC3(CC2Br)C(C(=O)Nc2ccc(OC)cc2)N([C@@H](CO)Cc2ccccc2)C(=O)[C@H]13. The first-order valence-corrected chi connectivity index (χ1v) is 13.2. The van der Waals surface area contributed by atoms with Gasteiger partial charge in [0.05, 0.1) is 37.7 Å². The summed E-state index contributed by atoms with van der Waals surface area (Å²) in [6.07, 6.45) is 0.209. The predicted octanol–water partition coefficient (Wildman–Crippen LogP) is 1.73. The van der Waals surface area contributed by atoms with Crippen molar-refractivity contribution in [3.63, 3.8) is 0 Å². The van der Waals surface area contributed by atoms with Crippen LogP contribution in [0.15, 0.2) is 54.6 Å². The Labute approximate surface area is 223 Å². The molecule has 0 aromatic heterocycles. The van der Waals surface area contributed by atoms with Crippen molar-refractivity contribution in [2.75, 3.05) is 26.1 Å². The van der Waals surface area contributed by atoms with Gasteiger partial charge in [-0.3, -0.25) is 14.4 Å². The number of hydrogen-bond acceptors (Lipinski definition) is 6. The summed E-state index contributed by atoms with van der Waals surface area (Å²) in [5.74, 6) is -2.00. The van der Waals surface area contributed by atoms with Gasteiger partial charge in [0.25, 0.3) is 0 Å². The van der Waals surface area contributed by atoms with Crippen molar-refractivity contribution in [2.24, 2.45) is 11.8 Å². The van der Waals surface area contributed by atoms with Gasteiger partial charge in [0.2, 0.25) is 17.7 Å². The molecule has 3 unspecified atom stereocenters. The minimum absolute atomic E-state index is 0.197. The van der Waals surface area contributed by atoms with Crippen LogP contribution in [0.2, 0.25) is 0 Å². The molecule has 0 saturated carbocycles. The number of methoxy groups -OCH3 is 1. The maximum absolute atomic E-state index is 14.1. The van der Waals surface area contributed by atoms with Gasteiger partial charge in [-0.25, -0.2) is 0 Å². The van der Waals surface area contributed by atoms with Crippen LogP contribution in [0.3, 0.4) is 0 Å². The summed E-state index contributed by atoms with van der Waals surface area (Å²) in [7, 11) is 3.09. The molecule has 3 heterocycles. The van der Waals surface area contributed by atoms with Gasteiger partial charge >= 0.3 is 0 Å². The van der Waals surface area contributed by atoms with Crippen LogP contribution in [0.5, 0.6) is 5.75 Å². The smallest absolute Gasteiger partial charge is 0.250 e. The third-order valence-electron chi connectivity index (χ3n) is 7.80. The summed E-state index contributed by atoms with van der Waals surface area (Å²) in [6, 6.07) is 14.7.